The molecule has 0 saturated heterocycles. The molecule has 1 aliphatic rings. The number of hydrogen-bond acceptors (Lipinski definition) is 2. The van der Waals surface area contributed by atoms with Crippen molar-refractivity contribution in [2.75, 3.05) is 0 Å². The number of nitrogens with zero attached hydrogens (tertiary/aromatic N) is 6. The summed E-state index contributed by atoms with van der Waals surface area (Å²) in [6.07, 6.45) is 0. The molecule has 0 bridgehead atoms. The Hall–Kier alpha value is -0.445. The average Bonchev–Trinajstić information content (AvgIpc) is 2.44. The first kappa shape index (κ1) is 10.6. The quantitative estimate of drug-likeness (QED) is 0.317. The predicted octanol–water partition coefficient (Wildman–Crippen LogP) is 3.19. The molecule has 1 saturated carbocycles. The molecule has 6 nitrogen and oxygen atoms in total. The van der Waals surface area contributed by atoms with Crippen molar-refractivity contribution in [1.82, 2.24) is 0 Å². The summed E-state index contributed by atoms with van der Waals surface area (Å²) in [4.78, 5) is 5.65. The summed E-state index contributed by atoms with van der Waals surface area (Å²) in [7, 11) is 0. The molecule has 1 rings (SSSR count). The van der Waals surface area contributed by atoms with Gasteiger partial charge in [0, 0.05) is 0 Å². The molecule has 0 heterocycles. The summed E-state index contributed by atoms with van der Waals surface area (Å²) in [5, 5.41) is 3.81. The third-order valence-electron chi connectivity index (χ3n) is 3.35. The van der Waals surface area contributed by atoms with Gasteiger partial charge in [0.15, 0.2) is 0 Å². The Morgan fingerprint density at radius 2 is 1.85 bits per heavy atom. The fourth-order valence-electron chi connectivity index (χ4n) is 1.89. The fourth-order valence-corrected chi connectivity index (χ4v) is 9.48. The van der Waals surface area contributed by atoms with Gasteiger partial charge in [-0.3, -0.25) is 0 Å². The SMILES string of the molecule is CC1(C)[C@H]([Hg][N]=[N+]=[N-])[C@]1(C)N=[N+]=[N-]. The second kappa shape index (κ2) is 3.37. The fraction of sp³-hybridized carbons (Fsp3) is 1.00. The van der Waals surface area contributed by atoms with Gasteiger partial charge in [-0.15, -0.1) is 0 Å². The summed E-state index contributed by atoms with van der Waals surface area (Å²) in [6, 6.07) is 0. The van der Waals surface area contributed by atoms with Crippen LogP contribution in [0.1, 0.15) is 20.8 Å². The monoisotopic (exact) mass is 368 g/mol. The zero-order valence-electron chi connectivity index (χ0n) is 7.97. The molecular weight excluding hydrogens is 357 g/mol. The van der Waals surface area contributed by atoms with E-state index in [0.29, 0.717) is 3.43 Å². The van der Waals surface area contributed by atoms with Crippen LogP contribution in [0.5, 0.6) is 0 Å². The van der Waals surface area contributed by atoms with Gasteiger partial charge in [-0.1, -0.05) is 0 Å². The molecule has 0 spiro atoms. The van der Waals surface area contributed by atoms with E-state index < -0.39 is 24.9 Å². The van der Waals surface area contributed by atoms with Crippen LogP contribution in [-0.4, -0.2) is 5.54 Å². The van der Waals surface area contributed by atoms with Crippen molar-refractivity contribution in [2.45, 2.75) is 29.7 Å². The first-order valence-corrected chi connectivity index (χ1v) is 9.71. The maximum atomic E-state index is 8.40. The van der Waals surface area contributed by atoms with Crippen molar-refractivity contribution in [2.24, 2.45) is 13.4 Å². The molecular formula is C6H10HgN6. The molecule has 0 aliphatic heterocycles. The molecule has 2 atom stereocenters. The molecule has 7 heteroatoms. The summed E-state index contributed by atoms with van der Waals surface area (Å²) >= 11 is -1.57. The van der Waals surface area contributed by atoms with E-state index >= 15 is 0 Å². The first-order valence-electron chi connectivity index (χ1n) is 4.08. The van der Waals surface area contributed by atoms with Crippen LogP contribution in [0.25, 0.3) is 20.9 Å². The van der Waals surface area contributed by atoms with E-state index in [2.05, 4.69) is 31.7 Å². The molecule has 0 aromatic rings. The normalized spacial score (nSPS) is 33.6. The average molecular weight is 367 g/mol. The zero-order valence-corrected chi connectivity index (χ0v) is 13.5. The Balaban J connectivity index is 2.81. The third-order valence-corrected chi connectivity index (χ3v) is 13.0. The zero-order chi connectivity index (χ0) is 10.1. The Bertz CT molecular complexity index is 313. The van der Waals surface area contributed by atoms with E-state index in [4.69, 9.17) is 11.1 Å². The van der Waals surface area contributed by atoms with Crippen LogP contribution in [0.15, 0.2) is 7.99 Å². The topological polar surface area (TPSA) is 97.5 Å². The summed E-state index contributed by atoms with van der Waals surface area (Å²) in [5.41, 5.74) is 16.4. The predicted molar refractivity (Wildman–Crippen MR) is 44.2 cm³/mol. The third kappa shape index (κ3) is 1.50. The van der Waals surface area contributed by atoms with Gasteiger partial charge in [0.2, 0.25) is 0 Å². The molecule has 0 N–H and O–H groups in total. The minimum absolute atomic E-state index is 0.0367. The second-order valence-electron chi connectivity index (χ2n) is 4.02. The molecule has 1 aliphatic carbocycles. The second-order valence-corrected chi connectivity index (χ2v) is 9.72. The van der Waals surface area contributed by atoms with E-state index in [1.54, 1.807) is 0 Å². The van der Waals surface area contributed by atoms with Gasteiger partial charge in [0.1, 0.15) is 0 Å². The summed E-state index contributed by atoms with van der Waals surface area (Å²) < 4.78 is 4.11. The van der Waals surface area contributed by atoms with E-state index in [1.165, 1.54) is 0 Å². The van der Waals surface area contributed by atoms with Crippen LogP contribution in [0, 0.1) is 5.41 Å². The molecule has 0 radical (unpaired) electrons. The van der Waals surface area contributed by atoms with Gasteiger partial charge in [0.05, 0.1) is 0 Å². The molecule has 66 valence electrons. The van der Waals surface area contributed by atoms with E-state index in [0.717, 1.165) is 0 Å². The van der Waals surface area contributed by atoms with Crippen LogP contribution in [0.3, 0.4) is 0 Å². The van der Waals surface area contributed by atoms with E-state index in [9.17, 15) is 0 Å². The number of hydrogen-bond donors (Lipinski definition) is 0. The van der Waals surface area contributed by atoms with Crippen molar-refractivity contribution < 1.29 is 24.9 Å². The van der Waals surface area contributed by atoms with Crippen molar-refractivity contribution in [1.29, 1.82) is 0 Å². The maximum absolute atomic E-state index is 8.40. The van der Waals surface area contributed by atoms with Crippen LogP contribution in [-0.2, 0) is 24.9 Å². The molecule has 1 fully saturated rings. The van der Waals surface area contributed by atoms with Crippen molar-refractivity contribution in [3.05, 3.63) is 20.9 Å². The van der Waals surface area contributed by atoms with E-state index in [-0.39, 0.29) is 11.0 Å². The number of rotatable bonds is 3. The Labute approximate surface area is 88.8 Å². The van der Waals surface area contributed by atoms with Crippen LogP contribution in [0.2, 0.25) is 3.43 Å². The summed E-state index contributed by atoms with van der Waals surface area (Å²) in [5.74, 6) is 0. The summed E-state index contributed by atoms with van der Waals surface area (Å²) in [6.45, 7) is 6.09. The van der Waals surface area contributed by atoms with Gasteiger partial charge in [-0.25, -0.2) is 0 Å². The minimum atomic E-state index is -1.57. The van der Waals surface area contributed by atoms with Crippen molar-refractivity contribution in [3.63, 3.8) is 0 Å². The van der Waals surface area contributed by atoms with Gasteiger partial charge < -0.3 is 0 Å². The van der Waals surface area contributed by atoms with E-state index in [1.807, 2.05) is 6.92 Å². The van der Waals surface area contributed by atoms with Gasteiger partial charge in [0.25, 0.3) is 0 Å². The molecule has 13 heavy (non-hydrogen) atoms. The first-order chi connectivity index (χ1) is 6.00. The van der Waals surface area contributed by atoms with Gasteiger partial charge in [-0.05, 0) is 0 Å². The molecule has 0 aromatic heterocycles. The molecule has 0 unspecified atom stereocenters. The standard InChI is InChI=1S/C6H10N3.Hg.N3/c1-5(2)4-6(5,3)8-9-7;;1-3-2/h4H,1-3H3;;/q;+1;-1/t6-;;/m0../s1. The molecule has 0 aromatic carbocycles. The van der Waals surface area contributed by atoms with Crippen LogP contribution < -0.4 is 0 Å². The van der Waals surface area contributed by atoms with Crippen LogP contribution >= 0.6 is 0 Å². The van der Waals surface area contributed by atoms with Gasteiger partial charge in [-0.2, -0.15) is 0 Å². The van der Waals surface area contributed by atoms with Gasteiger partial charge >= 0.3 is 88.9 Å². The van der Waals surface area contributed by atoms with Crippen LogP contribution in [0.4, 0.5) is 0 Å². The Morgan fingerprint density at radius 3 is 2.31 bits per heavy atom. The Kier molecular flexibility index (Phi) is 2.75. The molecule has 0 amide bonds. The Morgan fingerprint density at radius 1 is 1.23 bits per heavy atom. The number of azide groups is 2. The van der Waals surface area contributed by atoms with Crippen molar-refractivity contribution >= 4 is 0 Å². The van der Waals surface area contributed by atoms with Crippen molar-refractivity contribution in [3.8, 4) is 0 Å².